The van der Waals surface area contributed by atoms with Crippen molar-refractivity contribution in [3.8, 4) is 5.75 Å². The first-order chi connectivity index (χ1) is 19.4. The number of nitrogens with one attached hydrogen (secondary N) is 1. The third kappa shape index (κ3) is 8.01. The van der Waals surface area contributed by atoms with E-state index in [1.165, 1.54) is 30.2 Å². The predicted molar refractivity (Wildman–Crippen MR) is 163 cm³/mol. The van der Waals surface area contributed by atoms with Gasteiger partial charge in [0, 0.05) is 17.6 Å². The first-order valence-electron chi connectivity index (χ1n) is 13.5. The van der Waals surface area contributed by atoms with Gasteiger partial charge in [-0.15, -0.1) is 0 Å². The molecular formula is C31H38ClN3O5S. The lowest BCUT2D eigenvalue weighted by Gasteiger charge is -2.34. The number of aryl methyl sites for hydroxylation is 2. The lowest BCUT2D eigenvalue weighted by atomic mass is 10.1. The topological polar surface area (TPSA) is 96.0 Å². The Labute approximate surface area is 248 Å². The minimum atomic E-state index is -4.25. The summed E-state index contributed by atoms with van der Waals surface area (Å²) in [5.41, 5.74) is 2.87. The molecule has 0 bridgehead atoms. The number of hydrogen-bond donors (Lipinski definition) is 1. The van der Waals surface area contributed by atoms with Crippen molar-refractivity contribution in [3.05, 3.63) is 88.4 Å². The summed E-state index contributed by atoms with van der Waals surface area (Å²) in [5, 5.41) is 3.17. The lowest BCUT2D eigenvalue weighted by molar-refractivity contribution is -0.140. The minimum absolute atomic E-state index is 0.00704. The van der Waals surface area contributed by atoms with Crippen molar-refractivity contribution < 1.29 is 22.7 Å². The van der Waals surface area contributed by atoms with Crippen LogP contribution in [-0.2, 0) is 26.2 Å². The number of carbonyl (C=O) groups is 2. The number of amides is 2. The van der Waals surface area contributed by atoms with Gasteiger partial charge in [-0.05, 0) is 70.0 Å². The van der Waals surface area contributed by atoms with E-state index in [-0.39, 0.29) is 39.8 Å². The van der Waals surface area contributed by atoms with E-state index in [4.69, 9.17) is 16.3 Å². The average molecular weight is 600 g/mol. The highest BCUT2D eigenvalue weighted by Crippen LogP contribution is 2.35. The molecule has 0 aliphatic carbocycles. The van der Waals surface area contributed by atoms with Crippen molar-refractivity contribution in [3.63, 3.8) is 0 Å². The molecule has 3 aromatic rings. The summed E-state index contributed by atoms with van der Waals surface area (Å²) in [6.07, 6.45) is 0.335. The number of sulfonamides is 1. The molecule has 0 heterocycles. The lowest BCUT2D eigenvalue weighted by Crippen LogP contribution is -2.53. The van der Waals surface area contributed by atoms with Crippen LogP contribution in [0.25, 0.3) is 0 Å². The summed E-state index contributed by atoms with van der Waals surface area (Å²) in [4.78, 5) is 28.9. The van der Waals surface area contributed by atoms with Crippen LogP contribution in [-0.4, -0.2) is 50.9 Å². The molecule has 2 amide bonds. The van der Waals surface area contributed by atoms with Gasteiger partial charge >= 0.3 is 0 Å². The number of rotatable bonds is 12. The van der Waals surface area contributed by atoms with Crippen molar-refractivity contribution in [2.45, 2.75) is 64.6 Å². The summed E-state index contributed by atoms with van der Waals surface area (Å²) >= 11 is 6.29. The summed E-state index contributed by atoms with van der Waals surface area (Å²) < 4.78 is 34.6. The zero-order valence-electron chi connectivity index (χ0n) is 24.3. The summed E-state index contributed by atoms with van der Waals surface area (Å²) in [5.74, 6) is -0.627. The Morgan fingerprint density at radius 2 is 1.54 bits per heavy atom. The molecule has 0 saturated heterocycles. The van der Waals surface area contributed by atoms with Crippen molar-refractivity contribution in [2.75, 3.05) is 18.0 Å². The number of carbonyl (C=O) groups excluding carboxylic acids is 2. The molecule has 1 unspecified atom stereocenters. The monoisotopic (exact) mass is 599 g/mol. The van der Waals surface area contributed by atoms with Crippen LogP contribution in [0, 0.1) is 13.8 Å². The van der Waals surface area contributed by atoms with Gasteiger partial charge in [-0.3, -0.25) is 13.9 Å². The summed E-state index contributed by atoms with van der Waals surface area (Å²) in [7, 11) is -2.84. The van der Waals surface area contributed by atoms with Crippen LogP contribution >= 0.6 is 11.6 Å². The maximum atomic E-state index is 14.2. The quantitative estimate of drug-likeness (QED) is 0.297. The number of halogens is 1. The highest BCUT2D eigenvalue weighted by Gasteiger charge is 2.35. The molecule has 0 saturated carbocycles. The maximum Gasteiger partial charge on any atom is 0.264 e. The highest BCUT2D eigenvalue weighted by atomic mass is 35.5. The second kappa shape index (κ2) is 13.9. The van der Waals surface area contributed by atoms with Crippen LogP contribution < -0.4 is 14.4 Å². The number of benzene rings is 3. The standard InChI is InChI=1S/C31H38ClN3O5S/c1-7-27(31(37)33-21(2)3)34(19-24-12-8-22(4)9-13-24)30(36)20-35(28-18-25(32)14-17-29(28)40-6)41(38,39)26-15-10-23(5)11-16-26/h8-18,21,27H,7,19-20H2,1-6H3,(H,33,37). The Morgan fingerprint density at radius 1 is 0.951 bits per heavy atom. The van der Waals surface area contributed by atoms with Crippen LogP contribution in [0.3, 0.4) is 0 Å². The number of methoxy groups -OCH3 is 1. The normalized spacial score (nSPS) is 12.1. The molecule has 220 valence electrons. The molecule has 3 aromatic carbocycles. The van der Waals surface area contributed by atoms with Gasteiger partial charge in [0.05, 0.1) is 17.7 Å². The van der Waals surface area contributed by atoms with Gasteiger partial charge < -0.3 is 15.0 Å². The van der Waals surface area contributed by atoms with Gasteiger partial charge in [-0.25, -0.2) is 8.42 Å². The van der Waals surface area contributed by atoms with Crippen LogP contribution in [0.2, 0.25) is 5.02 Å². The van der Waals surface area contributed by atoms with Crippen molar-refractivity contribution in [1.29, 1.82) is 0 Å². The summed E-state index contributed by atoms with van der Waals surface area (Å²) in [6, 6.07) is 17.6. The van der Waals surface area contributed by atoms with Crippen LogP contribution in [0.5, 0.6) is 5.75 Å². The van der Waals surface area contributed by atoms with E-state index < -0.39 is 28.5 Å². The molecule has 0 aromatic heterocycles. The molecule has 0 spiro atoms. The van der Waals surface area contributed by atoms with E-state index in [2.05, 4.69) is 5.32 Å². The first kappa shape index (κ1) is 32.0. The molecule has 1 atom stereocenters. The zero-order valence-corrected chi connectivity index (χ0v) is 25.9. The van der Waals surface area contributed by atoms with Crippen LogP contribution in [0.15, 0.2) is 71.6 Å². The molecule has 0 fully saturated rings. The number of anilines is 1. The van der Waals surface area contributed by atoms with E-state index in [0.717, 1.165) is 21.0 Å². The van der Waals surface area contributed by atoms with E-state index in [9.17, 15) is 18.0 Å². The Balaban J connectivity index is 2.13. The average Bonchev–Trinajstić information content (AvgIpc) is 2.92. The van der Waals surface area contributed by atoms with Gasteiger partial charge in [0.2, 0.25) is 11.8 Å². The minimum Gasteiger partial charge on any atom is -0.495 e. The fraction of sp³-hybridized carbons (Fsp3) is 0.355. The molecule has 3 rings (SSSR count). The maximum absolute atomic E-state index is 14.2. The number of nitrogens with zero attached hydrogens (tertiary/aromatic N) is 2. The van der Waals surface area contributed by atoms with Crippen LogP contribution in [0.1, 0.15) is 43.9 Å². The van der Waals surface area contributed by atoms with Gasteiger partial charge in [0.25, 0.3) is 10.0 Å². The highest BCUT2D eigenvalue weighted by molar-refractivity contribution is 7.92. The van der Waals surface area contributed by atoms with Crippen molar-refractivity contribution >= 4 is 39.1 Å². The van der Waals surface area contributed by atoms with E-state index >= 15 is 0 Å². The third-order valence-electron chi connectivity index (χ3n) is 6.59. The zero-order chi connectivity index (χ0) is 30.3. The molecule has 1 N–H and O–H groups in total. The number of ether oxygens (including phenoxy) is 1. The van der Waals surface area contributed by atoms with E-state index in [1.54, 1.807) is 24.3 Å². The molecule has 0 radical (unpaired) electrons. The first-order valence-corrected chi connectivity index (χ1v) is 15.3. The molecule has 0 aliphatic heterocycles. The Kier molecular flexibility index (Phi) is 10.8. The van der Waals surface area contributed by atoms with Gasteiger partial charge in [-0.2, -0.15) is 0 Å². The fourth-order valence-electron chi connectivity index (χ4n) is 4.40. The predicted octanol–water partition coefficient (Wildman–Crippen LogP) is 5.49. The Morgan fingerprint density at radius 3 is 2.07 bits per heavy atom. The van der Waals surface area contributed by atoms with E-state index in [1.807, 2.05) is 58.9 Å². The molecule has 0 aliphatic rings. The Hall–Kier alpha value is -3.56. The van der Waals surface area contributed by atoms with Crippen molar-refractivity contribution in [2.24, 2.45) is 0 Å². The van der Waals surface area contributed by atoms with Gasteiger partial charge in [0.1, 0.15) is 18.3 Å². The largest absolute Gasteiger partial charge is 0.495 e. The molecular weight excluding hydrogens is 562 g/mol. The third-order valence-corrected chi connectivity index (χ3v) is 8.60. The molecule has 41 heavy (non-hydrogen) atoms. The molecule has 10 heteroatoms. The second-order valence-electron chi connectivity index (χ2n) is 10.2. The van der Waals surface area contributed by atoms with Crippen LogP contribution in [0.4, 0.5) is 5.69 Å². The number of hydrogen-bond acceptors (Lipinski definition) is 5. The summed E-state index contributed by atoms with van der Waals surface area (Å²) in [6.45, 7) is 8.87. The molecule has 8 nitrogen and oxygen atoms in total. The van der Waals surface area contributed by atoms with E-state index in [0.29, 0.717) is 6.42 Å². The second-order valence-corrected chi connectivity index (χ2v) is 12.5. The smallest absolute Gasteiger partial charge is 0.264 e. The SMILES string of the molecule is CCC(C(=O)NC(C)C)N(Cc1ccc(C)cc1)C(=O)CN(c1cc(Cl)ccc1OC)S(=O)(=O)c1ccc(C)cc1. The van der Waals surface area contributed by atoms with Crippen molar-refractivity contribution in [1.82, 2.24) is 10.2 Å². The fourth-order valence-corrected chi connectivity index (χ4v) is 5.98. The van der Waals surface area contributed by atoms with Gasteiger partial charge in [0.15, 0.2) is 0 Å². The Bertz CT molecular complexity index is 1460. The van der Waals surface area contributed by atoms with Gasteiger partial charge in [-0.1, -0.05) is 66.0 Å².